The molecular formula is C12H20N4. The Morgan fingerprint density at radius 1 is 1.06 bits per heavy atom. The van der Waals surface area contributed by atoms with Gasteiger partial charge in [0.15, 0.2) is 0 Å². The first-order valence-corrected chi connectivity index (χ1v) is 5.79. The van der Waals surface area contributed by atoms with E-state index in [1.54, 1.807) is 0 Å². The minimum atomic E-state index is 0.997. The molecule has 88 valence electrons. The molecule has 2 N–H and O–H groups in total. The third-order valence-corrected chi connectivity index (χ3v) is 3.19. The summed E-state index contributed by atoms with van der Waals surface area (Å²) in [6.45, 7) is 6.33. The second-order valence-electron chi connectivity index (χ2n) is 4.13. The minimum absolute atomic E-state index is 0.997. The molecule has 0 bridgehead atoms. The third-order valence-electron chi connectivity index (χ3n) is 3.19. The van der Waals surface area contributed by atoms with Gasteiger partial charge in [-0.1, -0.05) is 0 Å². The fourth-order valence-electron chi connectivity index (χ4n) is 1.96. The lowest BCUT2D eigenvalue weighted by Crippen LogP contribution is -2.22. The Hall–Kier alpha value is -1.58. The molecule has 0 radical (unpaired) electrons. The molecule has 0 saturated heterocycles. The number of nitrogens with one attached hydrogen (secondary N) is 2. The van der Waals surface area contributed by atoms with Crippen LogP contribution >= 0.6 is 0 Å². The number of aromatic nitrogens is 2. The van der Waals surface area contributed by atoms with E-state index < -0.39 is 0 Å². The van der Waals surface area contributed by atoms with Crippen LogP contribution in [0.3, 0.4) is 0 Å². The molecule has 2 aromatic heterocycles. The van der Waals surface area contributed by atoms with Crippen molar-refractivity contribution in [1.29, 1.82) is 0 Å². The van der Waals surface area contributed by atoms with Crippen LogP contribution in [0.2, 0.25) is 0 Å². The fraction of sp³-hybridized carbons (Fsp3) is 0.500. The zero-order valence-electron chi connectivity index (χ0n) is 10.5. The maximum absolute atomic E-state index is 3.46. The van der Waals surface area contributed by atoms with Crippen LogP contribution in [-0.4, -0.2) is 37.2 Å². The smallest absolute Gasteiger partial charge is 0.130 e. The number of nitrogens with zero attached hydrogens (tertiary/aromatic N) is 2. The molecule has 0 unspecified atom stereocenters. The summed E-state index contributed by atoms with van der Waals surface area (Å²) in [7, 11) is 4.24. The average molecular weight is 220 g/mol. The van der Waals surface area contributed by atoms with E-state index in [2.05, 4.69) is 53.9 Å². The number of fused-ring (bicyclic) bond motifs is 1. The summed E-state index contributed by atoms with van der Waals surface area (Å²) < 4.78 is 0. The molecule has 0 fully saturated rings. The van der Waals surface area contributed by atoms with Gasteiger partial charge in [-0.05, 0) is 13.8 Å². The van der Waals surface area contributed by atoms with E-state index in [1.807, 2.05) is 6.20 Å². The first-order valence-electron chi connectivity index (χ1n) is 5.79. The van der Waals surface area contributed by atoms with Gasteiger partial charge in [-0.15, -0.1) is 0 Å². The summed E-state index contributed by atoms with van der Waals surface area (Å²) in [6, 6.07) is 0. The topological polar surface area (TPSA) is 38.1 Å². The lowest BCUT2D eigenvalue weighted by Gasteiger charge is -2.23. The Morgan fingerprint density at radius 3 is 2.38 bits per heavy atom. The average Bonchev–Trinajstić information content (AvgIpc) is 2.86. The highest BCUT2D eigenvalue weighted by atomic mass is 15.2. The Bertz CT molecular complexity index is 468. The van der Waals surface area contributed by atoms with E-state index in [9.17, 15) is 0 Å². The predicted octanol–water partition coefficient (Wildman–Crippen LogP) is 2.41. The molecule has 0 spiro atoms. The summed E-state index contributed by atoms with van der Waals surface area (Å²) in [6.07, 6.45) is 4.07. The van der Waals surface area contributed by atoms with Gasteiger partial charge in [-0.3, -0.25) is 0 Å². The maximum Gasteiger partial charge on any atom is 0.130 e. The Balaban J connectivity index is 2.58. The fourth-order valence-corrected chi connectivity index (χ4v) is 1.96. The monoisotopic (exact) mass is 220 g/mol. The summed E-state index contributed by atoms with van der Waals surface area (Å²) in [4.78, 5) is 11.1. The molecule has 2 aromatic rings. The van der Waals surface area contributed by atoms with E-state index in [0.717, 1.165) is 13.1 Å². The van der Waals surface area contributed by atoms with Gasteiger partial charge in [0.1, 0.15) is 5.82 Å². The Kier molecular flexibility index (Phi) is 2.81. The van der Waals surface area contributed by atoms with Gasteiger partial charge in [0.05, 0.1) is 11.2 Å². The first kappa shape index (κ1) is 10.9. The SMILES string of the molecule is CCN(C)c1[nH]c2c[nH]cc2c1N(C)CC. The predicted molar refractivity (Wildman–Crippen MR) is 70.5 cm³/mol. The number of hydrogen-bond acceptors (Lipinski definition) is 2. The lowest BCUT2D eigenvalue weighted by molar-refractivity contribution is 0.920. The largest absolute Gasteiger partial charge is 0.371 e. The van der Waals surface area contributed by atoms with Crippen molar-refractivity contribution in [3.05, 3.63) is 12.4 Å². The highest BCUT2D eigenvalue weighted by molar-refractivity contribution is 6.00. The summed E-state index contributed by atoms with van der Waals surface area (Å²) >= 11 is 0. The van der Waals surface area contributed by atoms with Crippen LogP contribution in [0.25, 0.3) is 10.9 Å². The number of rotatable bonds is 4. The molecule has 2 heterocycles. The van der Waals surface area contributed by atoms with Gasteiger partial charge in [0.25, 0.3) is 0 Å². The van der Waals surface area contributed by atoms with Crippen molar-refractivity contribution in [2.24, 2.45) is 0 Å². The van der Waals surface area contributed by atoms with E-state index in [1.165, 1.54) is 22.4 Å². The quantitative estimate of drug-likeness (QED) is 0.830. The zero-order chi connectivity index (χ0) is 11.7. The number of hydrogen-bond donors (Lipinski definition) is 2. The zero-order valence-corrected chi connectivity index (χ0v) is 10.5. The molecule has 4 heteroatoms. The van der Waals surface area contributed by atoms with Crippen LogP contribution in [0.15, 0.2) is 12.4 Å². The summed E-state index contributed by atoms with van der Waals surface area (Å²) in [5.41, 5.74) is 2.45. The third kappa shape index (κ3) is 1.54. The second kappa shape index (κ2) is 4.12. The number of H-pyrrole nitrogens is 2. The van der Waals surface area contributed by atoms with Crippen LogP contribution < -0.4 is 9.80 Å². The maximum atomic E-state index is 3.46. The lowest BCUT2D eigenvalue weighted by atomic mass is 10.3. The van der Waals surface area contributed by atoms with Gasteiger partial charge in [-0.2, -0.15) is 0 Å². The van der Waals surface area contributed by atoms with Gasteiger partial charge in [0.2, 0.25) is 0 Å². The molecule has 0 atom stereocenters. The molecule has 4 nitrogen and oxygen atoms in total. The molecular weight excluding hydrogens is 200 g/mol. The van der Waals surface area contributed by atoms with Crippen molar-refractivity contribution in [3.8, 4) is 0 Å². The van der Waals surface area contributed by atoms with Crippen molar-refractivity contribution < 1.29 is 0 Å². The molecule has 16 heavy (non-hydrogen) atoms. The van der Waals surface area contributed by atoms with Crippen LogP contribution in [-0.2, 0) is 0 Å². The molecule has 0 aliphatic carbocycles. The van der Waals surface area contributed by atoms with Crippen LogP contribution in [0, 0.1) is 0 Å². The second-order valence-corrected chi connectivity index (χ2v) is 4.13. The van der Waals surface area contributed by atoms with Crippen LogP contribution in [0.1, 0.15) is 13.8 Å². The van der Waals surface area contributed by atoms with Gasteiger partial charge in [0, 0.05) is 45.0 Å². The normalized spacial score (nSPS) is 11.0. The van der Waals surface area contributed by atoms with Crippen molar-refractivity contribution in [1.82, 2.24) is 9.97 Å². The molecule has 0 saturated carbocycles. The van der Waals surface area contributed by atoms with Gasteiger partial charge in [-0.25, -0.2) is 0 Å². The highest BCUT2D eigenvalue weighted by Gasteiger charge is 2.17. The van der Waals surface area contributed by atoms with Gasteiger partial charge >= 0.3 is 0 Å². The van der Waals surface area contributed by atoms with Crippen LogP contribution in [0.4, 0.5) is 11.5 Å². The van der Waals surface area contributed by atoms with Crippen molar-refractivity contribution >= 4 is 22.4 Å². The van der Waals surface area contributed by atoms with E-state index >= 15 is 0 Å². The summed E-state index contributed by atoms with van der Waals surface area (Å²) in [5, 5.41) is 1.26. The van der Waals surface area contributed by atoms with E-state index in [-0.39, 0.29) is 0 Å². The molecule has 0 amide bonds. The minimum Gasteiger partial charge on any atom is -0.371 e. The van der Waals surface area contributed by atoms with Crippen molar-refractivity contribution in [2.75, 3.05) is 37.0 Å². The first-order chi connectivity index (χ1) is 7.69. The molecule has 2 rings (SSSR count). The standard InChI is InChI=1S/C12H20N4/c1-5-15(3)11-9-7-13-8-10(9)14-12(11)16(4)6-2/h7-8,13-14H,5-6H2,1-4H3. The van der Waals surface area contributed by atoms with Crippen molar-refractivity contribution in [3.63, 3.8) is 0 Å². The number of anilines is 2. The Labute approximate surface area is 96.2 Å². The molecule has 0 aliphatic heterocycles. The highest BCUT2D eigenvalue weighted by Crippen LogP contribution is 2.35. The van der Waals surface area contributed by atoms with E-state index in [4.69, 9.17) is 0 Å². The van der Waals surface area contributed by atoms with Crippen LogP contribution in [0.5, 0.6) is 0 Å². The summed E-state index contributed by atoms with van der Waals surface area (Å²) in [5.74, 6) is 1.20. The van der Waals surface area contributed by atoms with Crippen molar-refractivity contribution in [2.45, 2.75) is 13.8 Å². The number of aromatic amines is 2. The Morgan fingerprint density at radius 2 is 1.75 bits per heavy atom. The van der Waals surface area contributed by atoms with Gasteiger partial charge < -0.3 is 19.8 Å². The van der Waals surface area contributed by atoms with E-state index in [0.29, 0.717) is 0 Å². The molecule has 0 aromatic carbocycles. The molecule has 0 aliphatic rings.